The Kier molecular flexibility index (Phi) is 5.33. The SMILES string of the molecule is O=c1c2c3c(sc2nc(SCc2cccc([N+](=O)[O-])c2)n1-c1ccccc1)CCCC3. The Labute approximate surface area is 186 Å². The van der Waals surface area contributed by atoms with Crippen LogP contribution in [0.4, 0.5) is 5.69 Å². The van der Waals surface area contributed by atoms with Gasteiger partial charge in [-0.3, -0.25) is 19.5 Å². The van der Waals surface area contributed by atoms with Crippen LogP contribution in [0.25, 0.3) is 15.9 Å². The third-order valence-electron chi connectivity index (χ3n) is 5.46. The van der Waals surface area contributed by atoms with Crippen molar-refractivity contribution in [3.8, 4) is 5.69 Å². The maximum atomic E-state index is 13.7. The molecule has 0 N–H and O–H groups in total. The van der Waals surface area contributed by atoms with Crippen molar-refractivity contribution in [2.75, 3.05) is 0 Å². The fourth-order valence-electron chi connectivity index (χ4n) is 4.00. The van der Waals surface area contributed by atoms with Gasteiger partial charge in [0.1, 0.15) is 4.83 Å². The highest BCUT2D eigenvalue weighted by molar-refractivity contribution is 7.98. The molecule has 0 unspecified atom stereocenters. The highest BCUT2D eigenvalue weighted by atomic mass is 32.2. The zero-order chi connectivity index (χ0) is 21.4. The predicted molar refractivity (Wildman–Crippen MR) is 125 cm³/mol. The maximum Gasteiger partial charge on any atom is 0.269 e. The minimum atomic E-state index is -0.394. The first-order chi connectivity index (χ1) is 15.1. The summed E-state index contributed by atoms with van der Waals surface area (Å²) in [5, 5.41) is 12.5. The Bertz CT molecular complexity index is 1350. The van der Waals surface area contributed by atoms with Crippen molar-refractivity contribution in [3.63, 3.8) is 0 Å². The van der Waals surface area contributed by atoms with E-state index in [-0.39, 0.29) is 11.2 Å². The molecule has 2 aromatic heterocycles. The van der Waals surface area contributed by atoms with Gasteiger partial charge in [0.15, 0.2) is 5.16 Å². The first kappa shape index (κ1) is 20.0. The van der Waals surface area contributed by atoms with Crippen LogP contribution in [-0.4, -0.2) is 14.5 Å². The van der Waals surface area contributed by atoms with Crippen LogP contribution >= 0.6 is 23.1 Å². The van der Waals surface area contributed by atoms with Crippen molar-refractivity contribution in [2.24, 2.45) is 0 Å². The van der Waals surface area contributed by atoms with Gasteiger partial charge in [-0.05, 0) is 48.9 Å². The Morgan fingerprint density at radius 2 is 1.90 bits per heavy atom. The molecule has 8 heteroatoms. The number of nitrogens with zero attached hydrogens (tertiary/aromatic N) is 3. The van der Waals surface area contributed by atoms with Gasteiger partial charge in [0.05, 0.1) is 16.0 Å². The van der Waals surface area contributed by atoms with Crippen molar-refractivity contribution in [1.82, 2.24) is 9.55 Å². The monoisotopic (exact) mass is 449 g/mol. The molecule has 5 rings (SSSR count). The van der Waals surface area contributed by atoms with E-state index in [1.54, 1.807) is 28.0 Å². The molecule has 1 aliphatic carbocycles. The first-order valence-electron chi connectivity index (χ1n) is 10.1. The molecule has 0 saturated heterocycles. The highest BCUT2D eigenvalue weighted by Crippen LogP contribution is 2.35. The summed E-state index contributed by atoms with van der Waals surface area (Å²) < 4.78 is 1.69. The van der Waals surface area contributed by atoms with E-state index >= 15 is 0 Å². The molecule has 0 spiro atoms. The van der Waals surface area contributed by atoms with Crippen LogP contribution < -0.4 is 5.56 Å². The lowest BCUT2D eigenvalue weighted by atomic mass is 9.97. The van der Waals surface area contributed by atoms with E-state index in [1.165, 1.54) is 28.3 Å². The molecule has 2 heterocycles. The van der Waals surface area contributed by atoms with Gasteiger partial charge in [0.25, 0.3) is 11.2 Å². The van der Waals surface area contributed by atoms with Crippen LogP contribution in [0.1, 0.15) is 28.8 Å². The van der Waals surface area contributed by atoms with Crippen molar-refractivity contribution in [2.45, 2.75) is 36.6 Å². The second-order valence-electron chi connectivity index (χ2n) is 7.48. The lowest BCUT2D eigenvalue weighted by Crippen LogP contribution is -2.22. The van der Waals surface area contributed by atoms with Crippen LogP contribution in [0.3, 0.4) is 0 Å². The minimum Gasteiger partial charge on any atom is -0.268 e. The zero-order valence-electron chi connectivity index (χ0n) is 16.6. The fraction of sp³-hybridized carbons (Fsp3) is 0.217. The molecule has 2 aromatic carbocycles. The summed E-state index contributed by atoms with van der Waals surface area (Å²) in [6.45, 7) is 0. The standard InChI is InChI=1S/C23H19N3O3S2/c27-22-20-18-11-4-5-12-19(18)31-21(20)24-23(25(22)16-8-2-1-3-9-16)30-14-15-7-6-10-17(13-15)26(28)29/h1-3,6-10,13H,4-5,11-12,14H2. The number of hydrogen-bond acceptors (Lipinski definition) is 6. The molecule has 0 atom stereocenters. The lowest BCUT2D eigenvalue weighted by Gasteiger charge is -2.13. The molecule has 0 radical (unpaired) electrons. The van der Waals surface area contributed by atoms with Gasteiger partial charge >= 0.3 is 0 Å². The minimum absolute atomic E-state index is 0.0304. The Balaban J connectivity index is 1.62. The van der Waals surface area contributed by atoms with Gasteiger partial charge in [-0.2, -0.15) is 0 Å². The average Bonchev–Trinajstić information content (AvgIpc) is 3.17. The summed E-state index contributed by atoms with van der Waals surface area (Å²) in [4.78, 5) is 31.3. The molecule has 0 aliphatic heterocycles. The maximum absolute atomic E-state index is 13.7. The number of fused-ring (bicyclic) bond motifs is 3. The summed E-state index contributed by atoms with van der Waals surface area (Å²) in [5.41, 5.74) is 2.80. The fourth-order valence-corrected chi connectivity index (χ4v) is 6.25. The normalized spacial score (nSPS) is 13.3. The summed E-state index contributed by atoms with van der Waals surface area (Å²) in [7, 11) is 0. The second kappa shape index (κ2) is 8.28. The summed E-state index contributed by atoms with van der Waals surface area (Å²) >= 11 is 3.06. The Morgan fingerprint density at radius 3 is 2.71 bits per heavy atom. The zero-order valence-corrected chi connectivity index (χ0v) is 18.2. The molecule has 6 nitrogen and oxygen atoms in total. The van der Waals surface area contributed by atoms with Gasteiger partial charge in [0.2, 0.25) is 0 Å². The highest BCUT2D eigenvalue weighted by Gasteiger charge is 2.23. The first-order valence-corrected chi connectivity index (χ1v) is 11.9. The third kappa shape index (κ3) is 3.77. The topological polar surface area (TPSA) is 78.0 Å². The number of thiophene rings is 1. The Morgan fingerprint density at radius 1 is 1.10 bits per heavy atom. The molecular formula is C23H19N3O3S2. The third-order valence-corrected chi connectivity index (χ3v) is 7.66. The molecule has 156 valence electrons. The number of aromatic nitrogens is 2. The Hall–Kier alpha value is -2.97. The summed E-state index contributed by atoms with van der Waals surface area (Å²) in [5.74, 6) is 0.484. The van der Waals surface area contributed by atoms with Gasteiger partial charge in [-0.1, -0.05) is 42.1 Å². The quantitative estimate of drug-likeness (QED) is 0.173. The number of hydrogen-bond donors (Lipinski definition) is 0. The van der Waals surface area contributed by atoms with E-state index in [1.807, 2.05) is 36.4 Å². The molecule has 0 amide bonds. The van der Waals surface area contributed by atoms with Gasteiger partial charge < -0.3 is 0 Å². The largest absolute Gasteiger partial charge is 0.269 e. The molecular weight excluding hydrogens is 430 g/mol. The number of rotatable bonds is 5. The van der Waals surface area contributed by atoms with Crippen LogP contribution in [0, 0.1) is 10.1 Å². The van der Waals surface area contributed by atoms with Crippen molar-refractivity contribution in [1.29, 1.82) is 0 Å². The average molecular weight is 450 g/mol. The number of thioether (sulfide) groups is 1. The van der Waals surface area contributed by atoms with Crippen LogP contribution in [-0.2, 0) is 18.6 Å². The van der Waals surface area contributed by atoms with E-state index < -0.39 is 4.92 Å². The number of nitro benzene ring substituents is 1. The van der Waals surface area contributed by atoms with Crippen molar-refractivity contribution in [3.05, 3.63) is 91.1 Å². The summed E-state index contributed by atoms with van der Waals surface area (Å²) in [6, 6.07) is 16.1. The van der Waals surface area contributed by atoms with Gasteiger partial charge in [0, 0.05) is 22.8 Å². The van der Waals surface area contributed by atoms with Crippen molar-refractivity contribution < 1.29 is 4.92 Å². The molecule has 4 aromatic rings. The molecule has 0 bridgehead atoms. The molecule has 0 fully saturated rings. The van der Waals surface area contributed by atoms with Gasteiger partial charge in [-0.15, -0.1) is 11.3 Å². The van der Waals surface area contributed by atoms with E-state index in [0.29, 0.717) is 10.9 Å². The summed E-state index contributed by atoms with van der Waals surface area (Å²) in [6.07, 6.45) is 4.20. The predicted octanol–water partition coefficient (Wildman–Crippen LogP) is 5.53. The van der Waals surface area contributed by atoms with Crippen LogP contribution in [0.15, 0.2) is 64.5 Å². The molecule has 0 saturated carbocycles. The number of aryl methyl sites for hydroxylation is 2. The van der Waals surface area contributed by atoms with Crippen molar-refractivity contribution >= 4 is 39.0 Å². The molecule has 31 heavy (non-hydrogen) atoms. The number of non-ortho nitro benzene ring substituents is 1. The number of para-hydroxylation sites is 1. The lowest BCUT2D eigenvalue weighted by molar-refractivity contribution is -0.384. The van der Waals surface area contributed by atoms with E-state index in [2.05, 4.69) is 0 Å². The van der Waals surface area contributed by atoms with E-state index in [4.69, 9.17) is 4.98 Å². The molecule has 1 aliphatic rings. The van der Waals surface area contributed by atoms with Gasteiger partial charge in [-0.25, -0.2) is 4.98 Å². The van der Waals surface area contributed by atoms with Crippen LogP contribution in [0.5, 0.6) is 0 Å². The number of nitro groups is 1. The second-order valence-corrected chi connectivity index (χ2v) is 9.50. The number of benzene rings is 2. The van der Waals surface area contributed by atoms with Crippen LogP contribution in [0.2, 0.25) is 0 Å². The van der Waals surface area contributed by atoms with E-state index in [0.717, 1.165) is 47.2 Å². The van der Waals surface area contributed by atoms with E-state index in [9.17, 15) is 14.9 Å². The smallest absolute Gasteiger partial charge is 0.268 e.